The maximum atomic E-state index is 10.6. The van der Waals surface area contributed by atoms with Crippen molar-refractivity contribution >= 4 is 11.7 Å². The van der Waals surface area contributed by atoms with Gasteiger partial charge in [-0.15, -0.1) is 0 Å². The average molecular weight is 170 g/mol. The summed E-state index contributed by atoms with van der Waals surface area (Å²) < 4.78 is 5.18. The highest BCUT2D eigenvalue weighted by Crippen LogP contribution is 2.20. The van der Waals surface area contributed by atoms with Gasteiger partial charge >= 0.3 is 5.97 Å². The first-order valence-corrected chi connectivity index (χ1v) is 3.93. The molecule has 0 aliphatic carbocycles. The minimum atomic E-state index is -0.944. The molecule has 2 aliphatic rings. The highest BCUT2D eigenvalue weighted by Gasteiger charge is 2.37. The number of carboxylic acid groups (broad SMARTS) is 1. The second-order valence-electron chi connectivity index (χ2n) is 3.01. The molecule has 66 valence electrons. The fourth-order valence-electron chi connectivity index (χ4n) is 1.60. The SMILES string of the molecule is O=C(O)C1=NN[C@@H]2CCOC[C@@H]12. The fraction of sp³-hybridized carbons (Fsp3) is 0.714. The maximum Gasteiger partial charge on any atom is 0.352 e. The Labute approximate surface area is 69.4 Å². The van der Waals surface area contributed by atoms with Gasteiger partial charge in [0.2, 0.25) is 0 Å². The van der Waals surface area contributed by atoms with E-state index < -0.39 is 5.97 Å². The molecular formula is C7H10N2O3. The monoisotopic (exact) mass is 170 g/mol. The molecule has 1 fully saturated rings. The summed E-state index contributed by atoms with van der Waals surface area (Å²) in [6.45, 7) is 1.17. The third kappa shape index (κ3) is 1.06. The summed E-state index contributed by atoms with van der Waals surface area (Å²) in [5, 5.41) is 12.5. The van der Waals surface area contributed by atoms with E-state index in [1.807, 2.05) is 0 Å². The Bertz CT molecular complexity index is 239. The van der Waals surface area contributed by atoms with Gasteiger partial charge in [-0.25, -0.2) is 4.79 Å². The third-order valence-corrected chi connectivity index (χ3v) is 2.28. The molecule has 2 N–H and O–H groups in total. The van der Waals surface area contributed by atoms with E-state index in [-0.39, 0.29) is 17.7 Å². The number of carbonyl (C=O) groups is 1. The van der Waals surface area contributed by atoms with E-state index in [1.54, 1.807) is 0 Å². The lowest BCUT2D eigenvalue weighted by Crippen LogP contribution is -2.40. The first kappa shape index (κ1) is 7.54. The van der Waals surface area contributed by atoms with E-state index in [0.29, 0.717) is 13.2 Å². The van der Waals surface area contributed by atoms with E-state index in [9.17, 15) is 4.79 Å². The van der Waals surface area contributed by atoms with Gasteiger partial charge in [0.05, 0.1) is 18.6 Å². The van der Waals surface area contributed by atoms with E-state index >= 15 is 0 Å². The largest absolute Gasteiger partial charge is 0.477 e. The second kappa shape index (κ2) is 2.75. The number of rotatable bonds is 1. The van der Waals surface area contributed by atoms with Crippen LogP contribution in [-0.4, -0.2) is 36.0 Å². The number of nitrogens with zero attached hydrogens (tertiary/aromatic N) is 1. The molecule has 0 unspecified atom stereocenters. The summed E-state index contributed by atoms with van der Waals surface area (Å²) in [6.07, 6.45) is 0.838. The lowest BCUT2D eigenvalue weighted by molar-refractivity contribution is -0.129. The molecule has 0 aromatic rings. The molecule has 0 saturated carbocycles. The van der Waals surface area contributed by atoms with Crippen molar-refractivity contribution in [3.8, 4) is 0 Å². The van der Waals surface area contributed by atoms with Gasteiger partial charge in [-0.05, 0) is 6.42 Å². The van der Waals surface area contributed by atoms with Crippen LogP contribution in [0.25, 0.3) is 0 Å². The Kier molecular flexibility index (Phi) is 1.73. The van der Waals surface area contributed by atoms with Crippen molar-refractivity contribution in [2.45, 2.75) is 12.5 Å². The minimum Gasteiger partial charge on any atom is -0.477 e. The van der Waals surface area contributed by atoms with E-state index in [1.165, 1.54) is 0 Å². The van der Waals surface area contributed by atoms with Crippen LogP contribution < -0.4 is 5.43 Å². The number of hydrazone groups is 1. The van der Waals surface area contributed by atoms with Crippen molar-refractivity contribution in [3.05, 3.63) is 0 Å². The number of carboxylic acids is 1. The molecule has 5 heteroatoms. The van der Waals surface area contributed by atoms with Crippen LogP contribution in [0.3, 0.4) is 0 Å². The summed E-state index contributed by atoms with van der Waals surface area (Å²) in [5.41, 5.74) is 3.03. The molecule has 0 radical (unpaired) electrons. The Balaban J connectivity index is 2.13. The van der Waals surface area contributed by atoms with Crippen LogP contribution in [0.2, 0.25) is 0 Å². The summed E-state index contributed by atoms with van der Waals surface area (Å²) >= 11 is 0. The molecule has 0 aromatic carbocycles. The lowest BCUT2D eigenvalue weighted by atomic mass is 9.93. The number of hydrogen-bond acceptors (Lipinski definition) is 4. The number of ether oxygens (including phenoxy) is 1. The molecule has 5 nitrogen and oxygen atoms in total. The van der Waals surface area contributed by atoms with Crippen LogP contribution >= 0.6 is 0 Å². The zero-order valence-electron chi connectivity index (χ0n) is 6.49. The Morgan fingerprint density at radius 3 is 3.33 bits per heavy atom. The summed E-state index contributed by atoms with van der Waals surface area (Å²) in [7, 11) is 0. The number of hydrogen-bond donors (Lipinski definition) is 2. The Morgan fingerprint density at radius 1 is 1.75 bits per heavy atom. The molecule has 0 bridgehead atoms. The zero-order chi connectivity index (χ0) is 8.55. The highest BCUT2D eigenvalue weighted by molar-refractivity contribution is 6.37. The summed E-state index contributed by atoms with van der Waals surface area (Å²) in [5.74, 6) is -1.00. The van der Waals surface area contributed by atoms with Crippen LogP contribution in [0.15, 0.2) is 5.10 Å². The fourth-order valence-corrected chi connectivity index (χ4v) is 1.60. The quantitative estimate of drug-likeness (QED) is 0.553. The van der Waals surface area contributed by atoms with Crippen LogP contribution in [0.1, 0.15) is 6.42 Å². The number of nitrogens with one attached hydrogen (secondary N) is 1. The summed E-state index contributed by atoms with van der Waals surface area (Å²) in [4.78, 5) is 10.6. The molecule has 0 amide bonds. The van der Waals surface area contributed by atoms with Gasteiger partial charge in [-0.1, -0.05) is 0 Å². The number of aliphatic carboxylic acids is 1. The maximum absolute atomic E-state index is 10.6. The molecule has 2 atom stereocenters. The Hall–Kier alpha value is -1.10. The van der Waals surface area contributed by atoms with E-state index in [2.05, 4.69) is 10.5 Å². The van der Waals surface area contributed by atoms with Crippen molar-refractivity contribution in [2.75, 3.05) is 13.2 Å². The van der Waals surface area contributed by atoms with E-state index in [4.69, 9.17) is 9.84 Å². The van der Waals surface area contributed by atoms with Crippen molar-refractivity contribution in [2.24, 2.45) is 11.0 Å². The molecule has 2 heterocycles. The second-order valence-corrected chi connectivity index (χ2v) is 3.01. The minimum absolute atomic E-state index is 0.0590. The van der Waals surface area contributed by atoms with Crippen LogP contribution in [-0.2, 0) is 9.53 Å². The van der Waals surface area contributed by atoms with Crippen LogP contribution in [0.5, 0.6) is 0 Å². The molecule has 1 saturated heterocycles. The highest BCUT2D eigenvalue weighted by atomic mass is 16.5. The molecule has 2 aliphatic heterocycles. The molecule has 12 heavy (non-hydrogen) atoms. The first-order chi connectivity index (χ1) is 5.79. The predicted octanol–water partition coefficient (Wildman–Crippen LogP) is -0.565. The topological polar surface area (TPSA) is 70.9 Å². The van der Waals surface area contributed by atoms with Gasteiger partial charge < -0.3 is 15.3 Å². The van der Waals surface area contributed by atoms with Gasteiger partial charge in [0.25, 0.3) is 0 Å². The molecule has 0 aromatic heterocycles. The van der Waals surface area contributed by atoms with Gasteiger partial charge in [-0.3, -0.25) is 0 Å². The smallest absolute Gasteiger partial charge is 0.352 e. The van der Waals surface area contributed by atoms with Crippen molar-refractivity contribution in [1.29, 1.82) is 0 Å². The van der Waals surface area contributed by atoms with Gasteiger partial charge in [0, 0.05) is 6.61 Å². The van der Waals surface area contributed by atoms with Crippen molar-refractivity contribution in [3.63, 3.8) is 0 Å². The first-order valence-electron chi connectivity index (χ1n) is 3.93. The number of fused-ring (bicyclic) bond motifs is 1. The average Bonchev–Trinajstić information content (AvgIpc) is 2.47. The lowest BCUT2D eigenvalue weighted by Gasteiger charge is -2.24. The predicted molar refractivity (Wildman–Crippen MR) is 40.9 cm³/mol. The van der Waals surface area contributed by atoms with Crippen LogP contribution in [0.4, 0.5) is 0 Å². The van der Waals surface area contributed by atoms with Gasteiger partial charge in [-0.2, -0.15) is 5.10 Å². The van der Waals surface area contributed by atoms with Gasteiger partial charge in [0.15, 0.2) is 5.71 Å². The Morgan fingerprint density at radius 2 is 2.58 bits per heavy atom. The zero-order valence-corrected chi connectivity index (χ0v) is 6.49. The normalized spacial score (nSPS) is 33.5. The van der Waals surface area contributed by atoms with Gasteiger partial charge in [0.1, 0.15) is 0 Å². The third-order valence-electron chi connectivity index (χ3n) is 2.28. The molecular weight excluding hydrogens is 160 g/mol. The van der Waals surface area contributed by atoms with Crippen LogP contribution in [0, 0.1) is 5.92 Å². The van der Waals surface area contributed by atoms with Crippen molar-refractivity contribution in [1.82, 2.24) is 5.43 Å². The molecule has 0 spiro atoms. The molecule has 2 rings (SSSR count). The standard InChI is InChI=1S/C7H10N2O3/c10-7(11)6-4-3-12-2-1-5(4)8-9-6/h4-5,8H,1-3H2,(H,10,11)/t4-,5-/m1/s1. The van der Waals surface area contributed by atoms with E-state index in [0.717, 1.165) is 6.42 Å². The summed E-state index contributed by atoms with van der Waals surface area (Å²) in [6, 6.07) is 0.171. The van der Waals surface area contributed by atoms with Crippen molar-refractivity contribution < 1.29 is 14.6 Å².